The van der Waals surface area contributed by atoms with Crippen molar-refractivity contribution in [2.24, 2.45) is 0 Å². The maximum Gasteiger partial charge on any atom is 0.288 e. The molecule has 1 aliphatic heterocycles. The molecule has 0 aromatic carbocycles. The molecule has 0 spiro atoms. The van der Waals surface area contributed by atoms with Gasteiger partial charge in [-0.3, -0.25) is 10.0 Å². The van der Waals surface area contributed by atoms with Crippen molar-refractivity contribution in [3.8, 4) is 5.75 Å². The first-order chi connectivity index (χ1) is 6.18. The van der Waals surface area contributed by atoms with Crippen LogP contribution in [0.4, 0.5) is 5.69 Å². The van der Waals surface area contributed by atoms with E-state index in [0.29, 0.717) is 10.8 Å². The summed E-state index contributed by atoms with van der Waals surface area (Å²) < 4.78 is 5.01. The largest absolute Gasteiger partial charge is 0.481 e. The van der Waals surface area contributed by atoms with Gasteiger partial charge in [-0.2, -0.15) is 5.06 Å². The number of pyridine rings is 1. The summed E-state index contributed by atoms with van der Waals surface area (Å²) in [6, 6.07) is 1.44. The molecule has 1 aliphatic rings. The number of hydroxylamine groups is 1. The van der Waals surface area contributed by atoms with E-state index in [1.165, 1.54) is 12.3 Å². The molecular formula is C7H5ClN2O3. The highest BCUT2D eigenvalue weighted by Gasteiger charge is 2.24. The van der Waals surface area contributed by atoms with Crippen LogP contribution >= 0.6 is 11.6 Å². The number of rotatable bonds is 0. The second kappa shape index (κ2) is 2.86. The predicted octanol–water partition coefficient (Wildman–Crippen LogP) is 0.850. The van der Waals surface area contributed by atoms with Gasteiger partial charge in [0.2, 0.25) is 0 Å². The molecule has 5 nitrogen and oxygen atoms in total. The van der Waals surface area contributed by atoms with Crippen LogP contribution in [-0.2, 0) is 4.79 Å². The lowest BCUT2D eigenvalue weighted by Crippen LogP contribution is -2.36. The van der Waals surface area contributed by atoms with Gasteiger partial charge in [-0.1, -0.05) is 11.6 Å². The summed E-state index contributed by atoms with van der Waals surface area (Å²) in [6.45, 7) is -0.191. The Bertz CT molecular complexity index is 369. The van der Waals surface area contributed by atoms with Crippen LogP contribution in [0, 0.1) is 0 Å². The molecule has 0 bridgehead atoms. The number of nitrogens with zero attached hydrogens (tertiary/aromatic N) is 2. The van der Waals surface area contributed by atoms with Crippen molar-refractivity contribution < 1.29 is 14.7 Å². The minimum Gasteiger partial charge on any atom is -0.481 e. The zero-order valence-electron chi connectivity index (χ0n) is 6.40. The molecule has 13 heavy (non-hydrogen) atoms. The maximum absolute atomic E-state index is 10.9. The van der Waals surface area contributed by atoms with Crippen LogP contribution in [0.3, 0.4) is 0 Å². The Morgan fingerprint density at radius 3 is 3.23 bits per heavy atom. The van der Waals surface area contributed by atoms with Gasteiger partial charge < -0.3 is 4.74 Å². The summed E-state index contributed by atoms with van der Waals surface area (Å²) in [5, 5.41) is 9.99. The van der Waals surface area contributed by atoms with Gasteiger partial charge in [0, 0.05) is 6.07 Å². The van der Waals surface area contributed by atoms with E-state index < -0.39 is 5.91 Å². The van der Waals surface area contributed by atoms with E-state index in [1.807, 2.05) is 0 Å². The molecule has 0 radical (unpaired) electrons. The SMILES string of the molecule is O=C1COc2cc(Cl)ncc2N1O. The highest BCUT2D eigenvalue weighted by molar-refractivity contribution is 6.29. The molecule has 1 aromatic heterocycles. The zero-order chi connectivity index (χ0) is 9.42. The van der Waals surface area contributed by atoms with Gasteiger partial charge in [-0.25, -0.2) is 4.98 Å². The number of halogens is 1. The fraction of sp³-hybridized carbons (Fsp3) is 0.143. The number of ether oxygens (including phenoxy) is 1. The van der Waals surface area contributed by atoms with Crippen LogP contribution in [0.2, 0.25) is 5.15 Å². The lowest BCUT2D eigenvalue weighted by atomic mass is 10.3. The second-order valence-corrected chi connectivity index (χ2v) is 2.86. The molecule has 0 unspecified atom stereocenters. The molecule has 2 heterocycles. The third kappa shape index (κ3) is 1.32. The first kappa shape index (κ1) is 8.28. The number of anilines is 1. The Balaban J connectivity index is 2.49. The number of carbonyl (C=O) groups is 1. The molecule has 68 valence electrons. The highest BCUT2D eigenvalue weighted by atomic mass is 35.5. The first-order valence-electron chi connectivity index (χ1n) is 3.48. The fourth-order valence-electron chi connectivity index (χ4n) is 1.02. The summed E-state index contributed by atoms with van der Waals surface area (Å²) >= 11 is 5.58. The maximum atomic E-state index is 10.9. The molecule has 1 amide bonds. The summed E-state index contributed by atoms with van der Waals surface area (Å²) in [6.07, 6.45) is 1.27. The molecule has 0 saturated carbocycles. The standard InChI is InChI=1S/C7H5ClN2O3/c8-6-1-5-4(2-9-6)10(12)7(11)3-13-5/h1-2,12H,3H2. The van der Waals surface area contributed by atoms with Gasteiger partial charge in [0.25, 0.3) is 5.91 Å². The predicted molar refractivity (Wildman–Crippen MR) is 44.0 cm³/mol. The van der Waals surface area contributed by atoms with E-state index in [0.717, 1.165) is 0 Å². The third-order valence-electron chi connectivity index (χ3n) is 1.63. The zero-order valence-corrected chi connectivity index (χ0v) is 7.15. The van der Waals surface area contributed by atoms with E-state index in [2.05, 4.69) is 4.98 Å². The number of hydrogen-bond donors (Lipinski definition) is 1. The van der Waals surface area contributed by atoms with Crippen molar-refractivity contribution in [3.63, 3.8) is 0 Å². The number of carbonyl (C=O) groups excluding carboxylic acids is 1. The van der Waals surface area contributed by atoms with Crippen molar-refractivity contribution in [3.05, 3.63) is 17.4 Å². The smallest absolute Gasteiger partial charge is 0.288 e. The molecule has 0 fully saturated rings. The van der Waals surface area contributed by atoms with Gasteiger partial charge in [0.1, 0.15) is 10.8 Å². The first-order valence-corrected chi connectivity index (χ1v) is 3.86. The van der Waals surface area contributed by atoms with Gasteiger partial charge in [-0.15, -0.1) is 0 Å². The summed E-state index contributed by atoms with van der Waals surface area (Å²) in [5.41, 5.74) is 0.209. The topological polar surface area (TPSA) is 62.7 Å². The van der Waals surface area contributed by atoms with Gasteiger partial charge >= 0.3 is 0 Å². The Kier molecular flexibility index (Phi) is 1.82. The number of aromatic nitrogens is 1. The summed E-state index contributed by atoms with van der Waals surface area (Å²) in [5.74, 6) is -0.182. The van der Waals surface area contributed by atoms with Crippen LogP contribution in [-0.4, -0.2) is 22.7 Å². The monoisotopic (exact) mass is 200 g/mol. The average Bonchev–Trinajstić information content (AvgIpc) is 2.12. The quantitative estimate of drug-likeness (QED) is 0.498. The molecule has 0 aliphatic carbocycles. The van der Waals surface area contributed by atoms with Crippen molar-refractivity contribution in [1.82, 2.24) is 4.98 Å². The Labute approximate surface area is 78.5 Å². The molecular weight excluding hydrogens is 196 g/mol. The minimum atomic E-state index is -0.531. The Morgan fingerprint density at radius 2 is 2.46 bits per heavy atom. The number of hydrogen-bond acceptors (Lipinski definition) is 4. The lowest BCUT2D eigenvalue weighted by Gasteiger charge is -2.22. The molecule has 0 atom stereocenters. The Hall–Kier alpha value is -1.33. The van der Waals surface area contributed by atoms with Crippen molar-refractivity contribution >= 4 is 23.2 Å². The van der Waals surface area contributed by atoms with E-state index in [1.54, 1.807) is 0 Å². The summed E-state index contributed by atoms with van der Waals surface area (Å²) in [4.78, 5) is 14.6. The fourth-order valence-corrected chi connectivity index (χ4v) is 1.16. The van der Waals surface area contributed by atoms with Crippen molar-refractivity contribution in [1.29, 1.82) is 0 Å². The molecule has 1 N–H and O–H groups in total. The van der Waals surface area contributed by atoms with Crippen LogP contribution < -0.4 is 9.80 Å². The molecule has 1 aromatic rings. The lowest BCUT2D eigenvalue weighted by molar-refractivity contribution is -0.126. The normalized spacial score (nSPS) is 15.2. The van der Waals surface area contributed by atoms with E-state index in [-0.39, 0.29) is 17.4 Å². The summed E-state index contributed by atoms with van der Waals surface area (Å²) in [7, 11) is 0. The average molecular weight is 201 g/mol. The van der Waals surface area contributed by atoms with Crippen LogP contribution in [0.25, 0.3) is 0 Å². The van der Waals surface area contributed by atoms with Crippen molar-refractivity contribution in [2.75, 3.05) is 11.7 Å². The van der Waals surface area contributed by atoms with Gasteiger partial charge in [-0.05, 0) is 0 Å². The second-order valence-electron chi connectivity index (χ2n) is 2.47. The van der Waals surface area contributed by atoms with Crippen molar-refractivity contribution in [2.45, 2.75) is 0 Å². The van der Waals surface area contributed by atoms with E-state index in [9.17, 15) is 10.0 Å². The van der Waals surface area contributed by atoms with E-state index >= 15 is 0 Å². The minimum absolute atomic E-state index is 0.191. The molecule has 0 saturated heterocycles. The van der Waals surface area contributed by atoms with Crippen LogP contribution in [0.5, 0.6) is 5.75 Å². The number of amides is 1. The number of fused-ring (bicyclic) bond motifs is 1. The van der Waals surface area contributed by atoms with Gasteiger partial charge in [0.05, 0.1) is 6.20 Å². The highest BCUT2D eigenvalue weighted by Crippen LogP contribution is 2.31. The van der Waals surface area contributed by atoms with Crippen LogP contribution in [0.1, 0.15) is 0 Å². The Morgan fingerprint density at radius 1 is 1.69 bits per heavy atom. The van der Waals surface area contributed by atoms with E-state index in [4.69, 9.17) is 16.3 Å². The van der Waals surface area contributed by atoms with Gasteiger partial charge in [0.15, 0.2) is 12.4 Å². The van der Waals surface area contributed by atoms with Crippen LogP contribution in [0.15, 0.2) is 12.3 Å². The molecule has 2 rings (SSSR count). The third-order valence-corrected chi connectivity index (χ3v) is 1.84. The molecule has 6 heteroatoms.